The summed E-state index contributed by atoms with van der Waals surface area (Å²) in [6.07, 6.45) is 2.10. The summed E-state index contributed by atoms with van der Waals surface area (Å²) in [6, 6.07) is 6.91. The van der Waals surface area contributed by atoms with Gasteiger partial charge in [0, 0.05) is 19.6 Å². The molecule has 0 radical (unpaired) electrons. The molecule has 0 aromatic heterocycles. The van der Waals surface area contributed by atoms with Crippen molar-refractivity contribution in [1.29, 1.82) is 5.26 Å². The van der Waals surface area contributed by atoms with Gasteiger partial charge in [-0.05, 0) is 50.1 Å². The minimum absolute atomic E-state index is 0.230. The maximum atomic E-state index is 12.6. The average molecular weight is 293 g/mol. The lowest BCUT2D eigenvalue weighted by atomic mass is 10.2. The Labute approximate surface area is 120 Å². The van der Waals surface area contributed by atoms with Gasteiger partial charge in [-0.15, -0.1) is 0 Å². The van der Waals surface area contributed by atoms with Crippen molar-refractivity contribution in [1.82, 2.24) is 9.62 Å². The van der Waals surface area contributed by atoms with E-state index < -0.39 is 10.0 Å². The number of nitrogens with zero attached hydrogens (tertiary/aromatic N) is 2. The summed E-state index contributed by atoms with van der Waals surface area (Å²) in [5, 5.41) is 12.1. The highest BCUT2D eigenvalue weighted by atomic mass is 32.2. The van der Waals surface area contributed by atoms with Gasteiger partial charge in [0.2, 0.25) is 10.0 Å². The molecule has 2 rings (SSSR count). The van der Waals surface area contributed by atoms with Crippen molar-refractivity contribution in [2.45, 2.75) is 30.7 Å². The van der Waals surface area contributed by atoms with E-state index in [-0.39, 0.29) is 10.9 Å². The molecule has 6 heteroatoms. The Bertz CT molecular complexity index is 628. The molecule has 1 N–H and O–H groups in total. The van der Waals surface area contributed by atoms with Crippen molar-refractivity contribution in [2.24, 2.45) is 0 Å². The van der Waals surface area contributed by atoms with Crippen LogP contribution < -0.4 is 5.32 Å². The number of rotatable bonds is 4. The average Bonchev–Trinajstić information content (AvgIpc) is 2.91. The normalized spacial score (nSPS) is 19.2. The van der Waals surface area contributed by atoms with Gasteiger partial charge in [0.05, 0.1) is 16.5 Å². The highest BCUT2D eigenvalue weighted by molar-refractivity contribution is 7.89. The molecule has 1 aliphatic rings. The number of hydrogen-bond donors (Lipinski definition) is 1. The number of likely N-dealkylation sites (N-methyl/N-ethyl adjacent to an activating group) is 1. The molecular weight excluding hydrogens is 274 g/mol. The zero-order valence-corrected chi connectivity index (χ0v) is 12.6. The highest BCUT2D eigenvalue weighted by Crippen LogP contribution is 2.21. The Balaban J connectivity index is 2.23. The van der Waals surface area contributed by atoms with Crippen LogP contribution >= 0.6 is 0 Å². The summed E-state index contributed by atoms with van der Waals surface area (Å²) in [5.74, 6) is 0. The first-order valence-corrected chi connectivity index (χ1v) is 8.09. The fourth-order valence-electron chi connectivity index (χ4n) is 2.50. The molecule has 1 aromatic rings. The first kappa shape index (κ1) is 15.0. The molecule has 0 spiro atoms. The van der Waals surface area contributed by atoms with E-state index in [1.807, 2.05) is 6.07 Å². The van der Waals surface area contributed by atoms with Crippen LogP contribution in [-0.4, -0.2) is 38.9 Å². The number of nitriles is 1. The van der Waals surface area contributed by atoms with E-state index in [9.17, 15) is 8.42 Å². The van der Waals surface area contributed by atoms with Gasteiger partial charge >= 0.3 is 0 Å². The maximum absolute atomic E-state index is 12.6. The van der Waals surface area contributed by atoms with Gasteiger partial charge in [0.25, 0.3) is 0 Å². The Kier molecular flexibility index (Phi) is 4.43. The van der Waals surface area contributed by atoms with Crippen LogP contribution in [0.25, 0.3) is 0 Å². The quantitative estimate of drug-likeness (QED) is 0.906. The Hall–Kier alpha value is -1.42. The first-order chi connectivity index (χ1) is 9.45. The lowest BCUT2D eigenvalue weighted by molar-refractivity contribution is 0.417. The zero-order valence-electron chi connectivity index (χ0n) is 11.8. The van der Waals surface area contributed by atoms with E-state index in [0.717, 1.165) is 19.4 Å². The first-order valence-electron chi connectivity index (χ1n) is 6.65. The fraction of sp³-hybridized carbons (Fsp3) is 0.500. The van der Waals surface area contributed by atoms with Gasteiger partial charge in [-0.2, -0.15) is 9.57 Å². The van der Waals surface area contributed by atoms with Crippen LogP contribution in [0.2, 0.25) is 0 Å². The van der Waals surface area contributed by atoms with E-state index in [2.05, 4.69) is 5.32 Å². The van der Waals surface area contributed by atoms with Crippen LogP contribution in [0.4, 0.5) is 0 Å². The summed E-state index contributed by atoms with van der Waals surface area (Å²) in [6.45, 7) is 3.14. The second-order valence-corrected chi connectivity index (χ2v) is 7.18. The molecule has 0 aliphatic carbocycles. The SMILES string of the molecule is Cc1cc(C#N)ccc1S(=O)(=O)N(C)CC1CCCN1. The summed E-state index contributed by atoms with van der Waals surface area (Å²) < 4.78 is 26.5. The molecule has 1 aliphatic heterocycles. The minimum Gasteiger partial charge on any atom is -0.313 e. The smallest absolute Gasteiger partial charge is 0.243 e. The van der Waals surface area contributed by atoms with E-state index >= 15 is 0 Å². The van der Waals surface area contributed by atoms with Crippen molar-refractivity contribution in [2.75, 3.05) is 20.1 Å². The van der Waals surface area contributed by atoms with Crippen LogP contribution in [0.5, 0.6) is 0 Å². The minimum atomic E-state index is -3.50. The van der Waals surface area contributed by atoms with Gasteiger partial charge in [0.15, 0.2) is 0 Å². The molecule has 0 bridgehead atoms. The third kappa shape index (κ3) is 3.01. The number of nitrogens with one attached hydrogen (secondary N) is 1. The second kappa shape index (κ2) is 5.92. The van der Waals surface area contributed by atoms with Gasteiger partial charge < -0.3 is 5.32 Å². The van der Waals surface area contributed by atoms with E-state index in [1.165, 1.54) is 10.4 Å². The summed E-state index contributed by atoms with van der Waals surface area (Å²) >= 11 is 0. The number of benzene rings is 1. The van der Waals surface area contributed by atoms with E-state index in [1.54, 1.807) is 26.1 Å². The molecule has 108 valence electrons. The highest BCUT2D eigenvalue weighted by Gasteiger charge is 2.26. The standard InChI is InChI=1S/C14H19N3O2S/c1-11-8-12(9-15)5-6-14(11)20(18,19)17(2)10-13-4-3-7-16-13/h5-6,8,13,16H,3-4,7,10H2,1-2H3. The molecule has 1 saturated heterocycles. The van der Waals surface area contributed by atoms with Crippen LogP contribution in [0.1, 0.15) is 24.0 Å². The van der Waals surface area contributed by atoms with Crippen LogP contribution in [-0.2, 0) is 10.0 Å². The predicted octanol–water partition coefficient (Wildman–Crippen LogP) is 1.24. The van der Waals surface area contributed by atoms with Crippen molar-refractivity contribution in [3.63, 3.8) is 0 Å². The van der Waals surface area contributed by atoms with E-state index in [4.69, 9.17) is 5.26 Å². The van der Waals surface area contributed by atoms with Gasteiger partial charge in [0.1, 0.15) is 0 Å². The third-order valence-electron chi connectivity index (χ3n) is 3.63. The lowest BCUT2D eigenvalue weighted by Crippen LogP contribution is -2.38. The van der Waals surface area contributed by atoms with Crippen molar-refractivity contribution >= 4 is 10.0 Å². The number of sulfonamides is 1. The van der Waals surface area contributed by atoms with Crippen molar-refractivity contribution in [3.05, 3.63) is 29.3 Å². The molecule has 1 unspecified atom stereocenters. The van der Waals surface area contributed by atoms with Gasteiger partial charge in [-0.3, -0.25) is 0 Å². The van der Waals surface area contributed by atoms with Gasteiger partial charge in [-0.25, -0.2) is 8.42 Å². The second-order valence-electron chi connectivity index (χ2n) is 5.17. The lowest BCUT2D eigenvalue weighted by Gasteiger charge is -2.22. The van der Waals surface area contributed by atoms with Crippen molar-refractivity contribution < 1.29 is 8.42 Å². The molecule has 0 amide bonds. The largest absolute Gasteiger partial charge is 0.313 e. The fourth-order valence-corrected chi connectivity index (χ4v) is 3.92. The molecule has 20 heavy (non-hydrogen) atoms. The third-order valence-corrected chi connectivity index (χ3v) is 5.62. The molecule has 0 saturated carbocycles. The molecule has 1 heterocycles. The van der Waals surface area contributed by atoms with Crippen LogP contribution in [0, 0.1) is 18.3 Å². The Morgan fingerprint density at radius 2 is 2.25 bits per heavy atom. The van der Waals surface area contributed by atoms with Crippen molar-refractivity contribution in [3.8, 4) is 6.07 Å². The molecular formula is C14H19N3O2S. The van der Waals surface area contributed by atoms with E-state index in [0.29, 0.717) is 17.7 Å². The molecule has 1 atom stereocenters. The summed E-state index contributed by atoms with van der Waals surface area (Å²) in [5.41, 5.74) is 1.08. The summed E-state index contributed by atoms with van der Waals surface area (Å²) in [7, 11) is -1.89. The maximum Gasteiger partial charge on any atom is 0.243 e. The molecule has 1 fully saturated rings. The van der Waals surface area contributed by atoms with Crippen LogP contribution in [0.15, 0.2) is 23.1 Å². The monoisotopic (exact) mass is 293 g/mol. The molecule has 1 aromatic carbocycles. The van der Waals surface area contributed by atoms with Crippen LogP contribution in [0.3, 0.4) is 0 Å². The topological polar surface area (TPSA) is 73.2 Å². The predicted molar refractivity (Wildman–Crippen MR) is 76.7 cm³/mol. The Morgan fingerprint density at radius 3 is 2.80 bits per heavy atom. The Morgan fingerprint density at radius 1 is 1.50 bits per heavy atom. The summed E-state index contributed by atoms with van der Waals surface area (Å²) in [4.78, 5) is 0.275. The molecule has 5 nitrogen and oxygen atoms in total. The van der Waals surface area contributed by atoms with Gasteiger partial charge in [-0.1, -0.05) is 0 Å². The number of hydrogen-bond acceptors (Lipinski definition) is 4. The number of aryl methyl sites for hydroxylation is 1. The zero-order chi connectivity index (χ0) is 14.8.